The number of hydrogen-bond donors (Lipinski definition) is 3. The molecule has 0 heterocycles. The first-order valence-electron chi connectivity index (χ1n) is 4.96. The van der Waals surface area contributed by atoms with Gasteiger partial charge in [-0.05, 0) is 11.5 Å². The van der Waals surface area contributed by atoms with E-state index >= 15 is 0 Å². The topological polar surface area (TPSA) is 0 Å². The van der Waals surface area contributed by atoms with E-state index in [1.807, 2.05) is 35.3 Å². The first-order valence-corrected chi connectivity index (χ1v) is 9.98. The van der Waals surface area contributed by atoms with Gasteiger partial charge in [0.15, 0.2) is 0 Å². The average molecular weight is 321 g/mol. The molecule has 0 amide bonds. The van der Waals surface area contributed by atoms with Gasteiger partial charge in [-0.2, -0.15) is 73.2 Å². The summed E-state index contributed by atoms with van der Waals surface area (Å²) < 4.78 is 0.189. The second-order valence-corrected chi connectivity index (χ2v) is 8.68. The number of thiol groups is 3. The summed E-state index contributed by atoms with van der Waals surface area (Å²) in [7, 11) is 0. The standard InChI is InChI=1S/C9H20S6/c1-2-13-5-6-15-8(9(11)12)7-14-4-3-10/h8-12H,2-7H2,1H3. The normalized spacial score (nSPS) is 13.4. The third-order valence-electron chi connectivity index (χ3n) is 1.61. The molecule has 0 spiro atoms. The quantitative estimate of drug-likeness (QED) is 0.319. The van der Waals surface area contributed by atoms with Gasteiger partial charge in [-0.1, -0.05) is 6.92 Å². The van der Waals surface area contributed by atoms with Gasteiger partial charge in [0.2, 0.25) is 0 Å². The van der Waals surface area contributed by atoms with Crippen molar-refractivity contribution < 1.29 is 0 Å². The van der Waals surface area contributed by atoms with Crippen LogP contribution >= 0.6 is 73.2 Å². The molecule has 0 saturated carbocycles. The zero-order chi connectivity index (χ0) is 11.5. The van der Waals surface area contributed by atoms with Crippen molar-refractivity contribution in [1.29, 1.82) is 0 Å². The fourth-order valence-electron chi connectivity index (χ4n) is 0.887. The monoisotopic (exact) mass is 320 g/mol. The molecule has 0 aromatic carbocycles. The van der Waals surface area contributed by atoms with Gasteiger partial charge in [0.05, 0.1) is 4.58 Å². The summed E-state index contributed by atoms with van der Waals surface area (Å²) in [6.07, 6.45) is 0. The molecule has 0 rings (SSSR count). The highest BCUT2D eigenvalue weighted by Gasteiger charge is 2.14. The Hall–Kier alpha value is 2.10. The zero-order valence-electron chi connectivity index (χ0n) is 8.96. The van der Waals surface area contributed by atoms with E-state index < -0.39 is 0 Å². The third kappa shape index (κ3) is 10.9. The van der Waals surface area contributed by atoms with E-state index in [0.717, 1.165) is 17.3 Å². The summed E-state index contributed by atoms with van der Waals surface area (Å²) in [5.41, 5.74) is 0. The van der Waals surface area contributed by atoms with Gasteiger partial charge in [-0.15, -0.1) is 0 Å². The van der Waals surface area contributed by atoms with Gasteiger partial charge in [-0.25, -0.2) is 0 Å². The average Bonchev–Trinajstić information content (AvgIpc) is 2.21. The Morgan fingerprint density at radius 3 is 2.33 bits per heavy atom. The van der Waals surface area contributed by atoms with Crippen LogP contribution in [0.25, 0.3) is 0 Å². The van der Waals surface area contributed by atoms with Gasteiger partial charge >= 0.3 is 0 Å². The SMILES string of the molecule is CCSCCSC(CSCCS)C(S)S. The molecule has 0 bridgehead atoms. The molecule has 0 nitrogen and oxygen atoms in total. The Balaban J connectivity index is 3.54. The van der Waals surface area contributed by atoms with Crippen molar-refractivity contribution in [3.8, 4) is 0 Å². The number of thioether (sulfide) groups is 3. The summed E-state index contributed by atoms with van der Waals surface area (Å²) >= 11 is 19.0. The molecule has 92 valence electrons. The maximum Gasteiger partial charge on any atom is 0.0568 e. The molecule has 6 heteroatoms. The van der Waals surface area contributed by atoms with Crippen molar-refractivity contribution in [2.24, 2.45) is 0 Å². The van der Waals surface area contributed by atoms with Crippen molar-refractivity contribution >= 4 is 73.2 Å². The Morgan fingerprint density at radius 1 is 1.07 bits per heavy atom. The van der Waals surface area contributed by atoms with E-state index in [0.29, 0.717) is 5.25 Å². The van der Waals surface area contributed by atoms with Crippen LogP contribution in [-0.2, 0) is 0 Å². The molecular weight excluding hydrogens is 301 g/mol. The second kappa shape index (κ2) is 12.6. The van der Waals surface area contributed by atoms with Gasteiger partial charge in [0.25, 0.3) is 0 Å². The van der Waals surface area contributed by atoms with Crippen molar-refractivity contribution in [3.05, 3.63) is 0 Å². The van der Waals surface area contributed by atoms with E-state index in [4.69, 9.17) is 0 Å². The van der Waals surface area contributed by atoms with Crippen molar-refractivity contribution in [2.75, 3.05) is 34.5 Å². The Bertz CT molecular complexity index is 130. The van der Waals surface area contributed by atoms with Gasteiger partial charge < -0.3 is 0 Å². The lowest BCUT2D eigenvalue weighted by molar-refractivity contribution is 1.11. The zero-order valence-corrected chi connectivity index (χ0v) is 14.1. The molecule has 15 heavy (non-hydrogen) atoms. The van der Waals surface area contributed by atoms with Crippen molar-refractivity contribution in [2.45, 2.75) is 16.8 Å². The highest BCUT2D eigenvalue weighted by Crippen LogP contribution is 2.25. The fourth-order valence-corrected chi connectivity index (χ4v) is 5.30. The minimum atomic E-state index is 0.189. The van der Waals surface area contributed by atoms with Crippen LogP contribution in [0.4, 0.5) is 0 Å². The molecule has 0 aliphatic heterocycles. The molecule has 1 unspecified atom stereocenters. The Kier molecular flexibility index (Phi) is 14.3. The fraction of sp³-hybridized carbons (Fsp3) is 1.00. The maximum absolute atomic E-state index is 4.42. The maximum atomic E-state index is 4.42. The van der Waals surface area contributed by atoms with E-state index in [2.05, 4.69) is 44.8 Å². The van der Waals surface area contributed by atoms with Crippen LogP contribution in [0.1, 0.15) is 6.92 Å². The lowest BCUT2D eigenvalue weighted by Crippen LogP contribution is -2.17. The molecule has 0 aliphatic rings. The molecule has 1 atom stereocenters. The minimum absolute atomic E-state index is 0.189. The van der Waals surface area contributed by atoms with Crippen LogP contribution < -0.4 is 0 Å². The Labute approximate surface area is 123 Å². The van der Waals surface area contributed by atoms with Crippen LogP contribution in [0, 0.1) is 0 Å². The molecular formula is C9H20S6. The van der Waals surface area contributed by atoms with Gasteiger partial charge in [0.1, 0.15) is 0 Å². The highest BCUT2D eigenvalue weighted by molar-refractivity contribution is 8.07. The third-order valence-corrected chi connectivity index (χ3v) is 7.03. The Morgan fingerprint density at radius 2 is 1.80 bits per heavy atom. The molecule has 0 aliphatic carbocycles. The van der Waals surface area contributed by atoms with Crippen LogP contribution in [0.5, 0.6) is 0 Å². The summed E-state index contributed by atoms with van der Waals surface area (Å²) in [5.74, 6) is 6.88. The molecule has 0 aromatic rings. The second-order valence-electron chi connectivity index (χ2n) is 2.82. The molecule has 0 saturated heterocycles. The summed E-state index contributed by atoms with van der Waals surface area (Å²) in [6, 6.07) is 0. The van der Waals surface area contributed by atoms with Crippen molar-refractivity contribution in [1.82, 2.24) is 0 Å². The first-order chi connectivity index (χ1) is 7.22. The predicted molar refractivity (Wildman–Crippen MR) is 92.2 cm³/mol. The van der Waals surface area contributed by atoms with Gasteiger partial charge in [0, 0.05) is 28.3 Å². The molecule has 0 fully saturated rings. The largest absolute Gasteiger partial charge is 0.179 e. The van der Waals surface area contributed by atoms with E-state index in [1.165, 1.54) is 17.3 Å². The predicted octanol–water partition coefficient (Wildman–Crippen LogP) is 3.69. The smallest absolute Gasteiger partial charge is 0.0568 e. The van der Waals surface area contributed by atoms with Gasteiger partial charge in [-0.3, -0.25) is 0 Å². The summed E-state index contributed by atoms with van der Waals surface area (Å²) in [4.78, 5) is 0. The van der Waals surface area contributed by atoms with E-state index in [1.54, 1.807) is 0 Å². The molecule has 0 radical (unpaired) electrons. The van der Waals surface area contributed by atoms with Crippen molar-refractivity contribution in [3.63, 3.8) is 0 Å². The number of rotatable bonds is 10. The van der Waals surface area contributed by atoms with Crippen LogP contribution in [0.2, 0.25) is 0 Å². The minimum Gasteiger partial charge on any atom is -0.179 e. The van der Waals surface area contributed by atoms with Crippen LogP contribution in [0.3, 0.4) is 0 Å². The van der Waals surface area contributed by atoms with Crippen LogP contribution in [0.15, 0.2) is 0 Å². The van der Waals surface area contributed by atoms with E-state index in [9.17, 15) is 0 Å². The molecule has 0 N–H and O–H groups in total. The lowest BCUT2D eigenvalue weighted by atomic mass is 10.5. The molecule has 0 aromatic heterocycles. The summed E-state index contributed by atoms with van der Waals surface area (Å²) in [6.45, 7) is 2.20. The van der Waals surface area contributed by atoms with E-state index in [-0.39, 0.29) is 4.58 Å². The number of hydrogen-bond acceptors (Lipinski definition) is 6. The van der Waals surface area contributed by atoms with Crippen LogP contribution in [-0.4, -0.2) is 44.3 Å². The highest BCUT2D eigenvalue weighted by atomic mass is 32.2. The summed E-state index contributed by atoms with van der Waals surface area (Å²) in [5, 5.41) is 0.555. The lowest BCUT2D eigenvalue weighted by Gasteiger charge is -2.18. The first kappa shape index (κ1) is 17.1.